The molecule has 1 N–H and O–H groups in total. The Morgan fingerprint density at radius 1 is 1.09 bits per heavy atom. The van der Waals surface area contributed by atoms with Gasteiger partial charge in [-0.05, 0) is 37.4 Å². The number of benzene rings is 2. The summed E-state index contributed by atoms with van der Waals surface area (Å²) >= 11 is 0. The van der Waals surface area contributed by atoms with E-state index in [-0.39, 0.29) is 17.0 Å². The van der Waals surface area contributed by atoms with E-state index in [2.05, 4.69) is 15.2 Å². The van der Waals surface area contributed by atoms with Gasteiger partial charge in [-0.1, -0.05) is 18.2 Å². The van der Waals surface area contributed by atoms with Crippen LogP contribution in [0.15, 0.2) is 69.0 Å². The third kappa shape index (κ3) is 4.09. The Kier molecular flexibility index (Phi) is 5.68. The van der Waals surface area contributed by atoms with Gasteiger partial charge in [0.15, 0.2) is 0 Å². The van der Waals surface area contributed by atoms with Crippen molar-refractivity contribution in [3.05, 3.63) is 65.2 Å². The molecule has 176 valence electrons. The van der Waals surface area contributed by atoms with Crippen LogP contribution in [-0.4, -0.2) is 66.3 Å². The number of hydrogen-bond acceptors (Lipinski definition) is 7. The highest BCUT2D eigenvalue weighted by atomic mass is 32.2. The molecule has 0 bridgehead atoms. The number of piperazine rings is 1. The molecule has 1 fully saturated rings. The predicted octanol–water partition coefficient (Wildman–Crippen LogP) is 1.72. The number of para-hydroxylation sites is 1. The number of likely N-dealkylation sites (N-methyl/N-ethyl adjacent to an activating group) is 1. The summed E-state index contributed by atoms with van der Waals surface area (Å²) in [6.45, 7) is 1.85. The number of rotatable bonds is 5. The molecule has 0 aliphatic carbocycles. The molecule has 2 aromatic heterocycles. The molecule has 34 heavy (non-hydrogen) atoms. The second-order valence-corrected chi connectivity index (χ2v) is 10.2. The molecule has 0 saturated carbocycles. The Bertz CT molecular complexity index is 1550. The van der Waals surface area contributed by atoms with Crippen LogP contribution in [0.4, 0.5) is 5.69 Å². The molecule has 5 rings (SSSR count). The Hall–Kier alpha value is -3.54. The standard InChI is InChI=1S/C23H23N5O5S/c1-26-9-11-28(12-10-26)34(31,32)17-6-4-5-16(13-17)25-20(29)14-27-15-24-21-18-7-2-3-8-19(18)33-22(21)23(27)30/h2-8,13,15H,9-12,14H2,1H3,(H,25,29). The lowest BCUT2D eigenvalue weighted by molar-refractivity contribution is -0.116. The summed E-state index contributed by atoms with van der Waals surface area (Å²) in [7, 11) is -1.72. The first-order chi connectivity index (χ1) is 16.3. The summed E-state index contributed by atoms with van der Waals surface area (Å²) in [4.78, 5) is 32.0. The summed E-state index contributed by atoms with van der Waals surface area (Å²) in [6, 6.07) is 13.3. The number of nitrogens with zero attached hydrogens (tertiary/aromatic N) is 4. The number of anilines is 1. The maximum absolute atomic E-state index is 13.0. The zero-order chi connectivity index (χ0) is 23.9. The molecule has 0 radical (unpaired) electrons. The molecule has 1 amide bonds. The minimum Gasteiger partial charge on any atom is -0.448 e. The number of hydrogen-bond donors (Lipinski definition) is 1. The monoisotopic (exact) mass is 481 g/mol. The highest BCUT2D eigenvalue weighted by molar-refractivity contribution is 7.89. The van der Waals surface area contributed by atoms with E-state index >= 15 is 0 Å². The molecule has 1 saturated heterocycles. The Morgan fingerprint density at radius 2 is 1.85 bits per heavy atom. The fourth-order valence-electron chi connectivity index (χ4n) is 3.99. The predicted molar refractivity (Wildman–Crippen MR) is 127 cm³/mol. The fraction of sp³-hybridized carbons (Fsp3) is 0.261. The smallest absolute Gasteiger partial charge is 0.297 e. The molecular formula is C23H23N5O5S. The van der Waals surface area contributed by atoms with Gasteiger partial charge in [-0.2, -0.15) is 4.31 Å². The number of carbonyl (C=O) groups excluding carboxylic acids is 1. The maximum atomic E-state index is 13.0. The number of sulfonamides is 1. The van der Waals surface area contributed by atoms with Gasteiger partial charge in [0.2, 0.25) is 21.5 Å². The summed E-state index contributed by atoms with van der Waals surface area (Å²) < 4.78 is 34.2. The lowest BCUT2D eigenvalue weighted by Crippen LogP contribution is -2.47. The van der Waals surface area contributed by atoms with Gasteiger partial charge in [0.25, 0.3) is 5.56 Å². The molecule has 1 aliphatic heterocycles. The van der Waals surface area contributed by atoms with Crippen molar-refractivity contribution in [2.45, 2.75) is 11.4 Å². The van der Waals surface area contributed by atoms with Crippen molar-refractivity contribution >= 4 is 43.7 Å². The van der Waals surface area contributed by atoms with Crippen molar-refractivity contribution in [1.82, 2.24) is 18.8 Å². The average molecular weight is 482 g/mol. The number of furan rings is 1. The van der Waals surface area contributed by atoms with Gasteiger partial charge < -0.3 is 14.6 Å². The molecule has 3 heterocycles. The summed E-state index contributed by atoms with van der Waals surface area (Å²) in [6.07, 6.45) is 1.31. The number of carbonyl (C=O) groups is 1. The largest absolute Gasteiger partial charge is 0.448 e. The zero-order valence-electron chi connectivity index (χ0n) is 18.5. The van der Waals surface area contributed by atoms with Crippen LogP contribution < -0.4 is 10.9 Å². The van der Waals surface area contributed by atoms with Crippen molar-refractivity contribution in [3.8, 4) is 0 Å². The Morgan fingerprint density at radius 3 is 2.65 bits per heavy atom. The fourth-order valence-corrected chi connectivity index (χ4v) is 5.46. The van der Waals surface area contributed by atoms with E-state index in [4.69, 9.17) is 4.42 Å². The molecule has 2 aromatic carbocycles. The van der Waals surface area contributed by atoms with E-state index in [1.807, 2.05) is 19.2 Å². The van der Waals surface area contributed by atoms with Crippen LogP contribution in [-0.2, 0) is 21.4 Å². The lowest BCUT2D eigenvalue weighted by atomic mass is 10.2. The zero-order valence-corrected chi connectivity index (χ0v) is 19.3. The molecular weight excluding hydrogens is 458 g/mol. The second-order valence-electron chi connectivity index (χ2n) is 8.24. The molecule has 0 atom stereocenters. The van der Waals surface area contributed by atoms with E-state index in [9.17, 15) is 18.0 Å². The van der Waals surface area contributed by atoms with Crippen LogP contribution in [0.3, 0.4) is 0 Å². The first kappa shape index (κ1) is 22.3. The number of amides is 1. The summed E-state index contributed by atoms with van der Waals surface area (Å²) in [5, 5.41) is 3.39. The third-order valence-corrected chi connectivity index (χ3v) is 7.78. The van der Waals surface area contributed by atoms with Crippen molar-refractivity contribution in [1.29, 1.82) is 0 Å². The van der Waals surface area contributed by atoms with Crippen molar-refractivity contribution < 1.29 is 17.6 Å². The van der Waals surface area contributed by atoms with Crippen LogP contribution in [0.5, 0.6) is 0 Å². The minimum absolute atomic E-state index is 0.0803. The van der Waals surface area contributed by atoms with Gasteiger partial charge in [0.05, 0.1) is 11.2 Å². The quantitative estimate of drug-likeness (QED) is 0.461. The number of aromatic nitrogens is 2. The Balaban J connectivity index is 1.34. The lowest BCUT2D eigenvalue weighted by Gasteiger charge is -2.31. The van der Waals surface area contributed by atoms with Crippen LogP contribution in [0.25, 0.3) is 22.1 Å². The molecule has 1 aliphatic rings. The Labute approximate surface area is 195 Å². The number of nitrogens with one attached hydrogen (secondary N) is 1. The van der Waals surface area contributed by atoms with Gasteiger partial charge in [-0.25, -0.2) is 13.4 Å². The van der Waals surface area contributed by atoms with E-state index in [0.29, 0.717) is 43.0 Å². The average Bonchev–Trinajstić information content (AvgIpc) is 3.21. The van der Waals surface area contributed by atoms with Crippen molar-refractivity contribution in [2.75, 3.05) is 38.5 Å². The van der Waals surface area contributed by atoms with E-state index in [1.54, 1.807) is 24.3 Å². The van der Waals surface area contributed by atoms with Crippen LogP contribution >= 0.6 is 0 Å². The SMILES string of the molecule is CN1CCN(S(=O)(=O)c2cccc(NC(=O)Cn3cnc4c(oc5ccccc54)c3=O)c2)CC1. The molecule has 0 spiro atoms. The normalized spacial score (nSPS) is 15.7. The number of fused-ring (bicyclic) bond motifs is 3. The summed E-state index contributed by atoms with van der Waals surface area (Å²) in [5.74, 6) is -0.492. The van der Waals surface area contributed by atoms with Crippen LogP contribution in [0, 0.1) is 0 Å². The van der Waals surface area contributed by atoms with Crippen molar-refractivity contribution in [2.24, 2.45) is 0 Å². The molecule has 10 nitrogen and oxygen atoms in total. The summed E-state index contributed by atoms with van der Waals surface area (Å²) in [5.41, 5.74) is 0.923. The topological polar surface area (TPSA) is 118 Å². The maximum Gasteiger partial charge on any atom is 0.297 e. The second kappa shape index (κ2) is 8.67. The van der Waals surface area contributed by atoms with Gasteiger partial charge in [0.1, 0.15) is 17.6 Å². The minimum atomic E-state index is -3.67. The first-order valence-electron chi connectivity index (χ1n) is 10.8. The van der Waals surface area contributed by atoms with Gasteiger partial charge in [0, 0.05) is 37.3 Å². The van der Waals surface area contributed by atoms with Gasteiger partial charge in [-0.15, -0.1) is 0 Å². The molecule has 0 unspecified atom stereocenters. The third-order valence-electron chi connectivity index (χ3n) is 5.88. The van der Waals surface area contributed by atoms with E-state index in [0.717, 1.165) is 9.95 Å². The van der Waals surface area contributed by atoms with Crippen molar-refractivity contribution in [3.63, 3.8) is 0 Å². The van der Waals surface area contributed by atoms with Crippen LogP contribution in [0.2, 0.25) is 0 Å². The molecule has 11 heteroatoms. The van der Waals surface area contributed by atoms with Gasteiger partial charge in [-0.3, -0.25) is 14.2 Å². The highest BCUT2D eigenvalue weighted by Gasteiger charge is 2.27. The first-order valence-corrected chi connectivity index (χ1v) is 12.2. The van der Waals surface area contributed by atoms with Crippen LogP contribution in [0.1, 0.15) is 0 Å². The van der Waals surface area contributed by atoms with E-state index in [1.165, 1.54) is 22.8 Å². The highest BCUT2D eigenvalue weighted by Crippen LogP contribution is 2.24. The van der Waals surface area contributed by atoms with E-state index < -0.39 is 21.5 Å². The van der Waals surface area contributed by atoms with Gasteiger partial charge >= 0.3 is 0 Å². The molecule has 4 aromatic rings.